The first kappa shape index (κ1) is 20.7. The molecule has 3 rings (SSSR count). The molecule has 0 amide bonds. The molecule has 4 heteroatoms. The molecule has 0 fully saturated rings. The van der Waals surface area contributed by atoms with Gasteiger partial charge in [-0.2, -0.15) is 0 Å². The van der Waals surface area contributed by atoms with Crippen LogP contribution in [0.25, 0.3) is 22.5 Å². The van der Waals surface area contributed by atoms with E-state index >= 15 is 0 Å². The largest absolute Gasteiger partial charge is 0.478 e. The summed E-state index contributed by atoms with van der Waals surface area (Å²) < 4.78 is 0. The Morgan fingerprint density at radius 1 is 0.966 bits per heavy atom. The molecule has 0 spiro atoms. The quantitative estimate of drug-likeness (QED) is 0.510. The van der Waals surface area contributed by atoms with Gasteiger partial charge >= 0.3 is 5.97 Å². The van der Waals surface area contributed by atoms with E-state index in [4.69, 9.17) is 0 Å². The zero-order chi connectivity index (χ0) is 20.8. The molecule has 29 heavy (non-hydrogen) atoms. The number of aromatic carboxylic acids is 1. The Bertz CT molecular complexity index is 963. The summed E-state index contributed by atoms with van der Waals surface area (Å²) in [4.78, 5) is 20.7. The zero-order valence-corrected chi connectivity index (χ0v) is 17.4. The van der Waals surface area contributed by atoms with Crippen molar-refractivity contribution in [2.45, 2.75) is 46.5 Å². The average molecular weight is 389 g/mol. The van der Waals surface area contributed by atoms with Crippen molar-refractivity contribution in [2.75, 3.05) is 0 Å². The standard InChI is InChI=1S/C25H28N2O2/c1-4-6-19-15-26-24(27-16-19)21-10-8-20(9-11-21)23-14-18(13-17(3)5-2)7-12-22(23)25(28)29/h7-12,14-17H,4-6,13H2,1-3H3,(H,28,29)/t17-/m0/s1. The molecule has 0 aliphatic rings. The summed E-state index contributed by atoms with van der Waals surface area (Å²) in [6, 6.07) is 13.5. The zero-order valence-electron chi connectivity index (χ0n) is 17.4. The van der Waals surface area contributed by atoms with E-state index in [0.29, 0.717) is 17.3 Å². The van der Waals surface area contributed by atoms with Gasteiger partial charge < -0.3 is 5.11 Å². The third-order valence-electron chi connectivity index (χ3n) is 5.29. The number of aryl methyl sites for hydroxylation is 1. The van der Waals surface area contributed by atoms with Gasteiger partial charge in [0.05, 0.1) is 5.56 Å². The fourth-order valence-electron chi connectivity index (χ4n) is 3.41. The van der Waals surface area contributed by atoms with Crippen molar-refractivity contribution < 1.29 is 9.90 Å². The molecule has 0 bridgehead atoms. The highest BCUT2D eigenvalue weighted by molar-refractivity contribution is 5.96. The van der Waals surface area contributed by atoms with Crippen molar-refractivity contribution in [3.8, 4) is 22.5 Å². The summed E-state index contributed by atoms with van der Waals surface area (Å²) in [5, 5.41) is 9.63. The molecule has 1 heterocycles. The predicted molar refractivity (Wildman–Crippen MR) is 117 cm³/mol. The molecule has 1 N–H and O–H groups in total. The Kier molecular flexibility index (Phi) is 6.76. The van der Waals surface area contributed by atoms with Crippen LogP contribution in [0.2, 0.25) is 0 Å². The van der Waals surface area contributed by atoms with Crippen LogP contribution in [-0.2, 0) is 12.8 Å². The molecule has 0 saturated carbocycles. The lowest BCUT2D eigenvalue weighted by atomic mass is 9.92. The Labute approximate surface area is 172 Å². The van der Waals surface area contributed by atoms with Crippen molar-refractivity contribution in [2.24, 2.45) is 5.92 Å². The van der Waals surface area contributed by atoms with Gasteiger partial charge in [-0.1, -0.05) is 70.0 Å². The van der Waals surface area contributed by atoms with Gasteiger partial charge in [0.1, 0.15) is 0 Å². The van der Waals surface area contributed by atoms with E-state index in [0.717, 1.165) is 47.9 Å². The Hall–Kier alpha value is -3.01. The Morgan fingerprint density at radius 2 is 1.62 bits per heavy atom. The van der Waals surface area contributed by atoms with Gasteiger partial charge in [-0.25, -0.2) is 14.8 Å². The number of rotatable bonds is 8. The smallest absolute Gasteiger partial charge is 0.336 e. The molecule has 0 saturated heterocycles. The van der Waals surface area contributed by atoms with Crippen LogP contribution in [-0.4, -0.2) is 21.0 Å². The predicted octanol–water partition coefficient (Wildman–Crippen LogP) is 6.05. The highest BCUT2D eigenvalue weighted by Gasteiger charge is 2.14. The van der Waals surface area contributed by atoms with E-state index < -0.39 is 5.97 Å². The molecule has 2 aromatic carbocycles. The van der Waals surface area contributed by atoms with Crippen LogP contribution in [0.4, 0.5) is 0 Å². The normalized spacial score (nSPS) is 12.0. The van der Waals surface area contributed by atoms with E-state index in [1.54, 1.807) is 6.07 Å². The van der Waals surface area contributed by atoms with Gasteiger partial charge in [0.2, 0.25) is 0 Å². The van der Waals surface area contributed by atoms with Crippen molar-refractivity contribution >= 4 is 5.97 Å². The third kappa shape index (κ3) is 5.08. The van der Waals surface area contributed by atoms with E-state index in [1.807, 2.05) is 48.8 Å². The molecule has 3 aromatic rings. The maximum absolute atomic E-state index is 11.7. The minimum Gasteiger partial charge on any atom is -0.478 e. The summed E-state index contributed by atoms with van der Waals surface area (Å²) in [6.45, 7) is 6.52. The summed E-state index contributed by atoms with van der Waals surface area (Å²) in [5.74, 6) is 0.336. The molecular weight excluding hydrogens is 360 g/mol. The fraction of sp³-hybridized carbons (Fsp3) is 0.320. The lowest BCUT2D eigenvalue weighted by Crippen LogP contribution is -2.03. The second-order valence-electron chi connectivity index (χ2n) is 7.64. The molecule has 1 atom stereocenters. The number of hydrogen-bond acceptors (Lipinski definition) is 3. The molecule has 0 aliphatic heterocycles. The number of aromatic nitrogens is 2. The molecular formula is C25H28N2O2. The summed E-state index contributed by atoms with van der Waals surface area (Å²) >= 11 is 0. The van der Waals surface area contributed by atoms with Crippen molar-refractivity contribution in [1.29, 1.82) is 0 Å². The number of nitrogens with zero attached hydrogens (tertiary/aromatic N) is 2. The van der Waals surface area contributed by atoms with E-state index in [2.05, 4.69) is 30.7 Å². The first-order valence-corrected chi connectivity index (χ1v) is 10.3. The summed E-state index contributed by atoms with van der Waals surface area (Å²) in [5.41, 5.74) is 5.19. The fourth-order valence-corrected chi connectivity index (χ4v) is 3.41. The van der Waals surface area contributed by atoms with E-state index in [9.17, 15) is 9.90 Å². The minimum atomic E-state index is -0.908. The summed E-state index contributed by atoms with van der Waals surface area (Å²) in [7, 11) is 0. The number of carboxylic acid groups (broad SMARTS) is 1. The van der Waals surface area contributed by atoms with Gasteiger partial charge in [0.15, 0.2) is 5.82 Å². The van der Waals surface area contributed by atoms with Crippen LogP contribution in [0, 0.1) is 5.92 Å². The van der Waals surface area contributed by atoms with Crippen LogP contribution in [0.15, 0.2) is 54.9 Å². The minimum absolute atomic E-state index is 0.325. The molecule has 0 unspecified atom stereocenters. The molecule has 0 radical (unpaired) electrons. The first-order chi connectivity index (χ1) is 14.0. The second-order valence-corrected chi connectivity index (χ2v) is 7.64. The monoisotopic (exact) mass is 388 g/mol. The first-order valence-electron chi connectivity index (χ1n) is 10.3. The van der Waals surface area contributed by atoms with Gasteiger partial charge in [-0.15, -0.1) is 0 Å². The average Bonchev–Trinajstić information content (AvgIpc) is 2.74. The van der Waals surface area contributed by atoms with Gasteiger partial charge in [-0.05, 0) is 47.1 Å². The van der Waals surface area contributed by atoms with Crippen LogP contribution < -0.4 is 0 Å². The Balaban J connectivity index is 1.91. The van der Waals surface area contributed by atoms with Crippen LogP contribution in [0.5, 0.6) is 0 Å². The lowest BCUT2D eigenvalue weighted by molar-refractivity contribution is 0.0697. The third-order valence-corrected chi connectivity index (χ3v) is 5.29. The van der Waals surface area contributed by atoms with Gasteiger partial charge in [-0.3, -0.25) is 0 Å². The van der Waals surface area contributed by atoms with Crippen LogP contribution in [0.3, 0.4) is 0 Å². The molecule has 4 nitrogen and oxygen atoms in total. The summed E-state index contributed by atoms with van der Waals surface area (Å²) in [6.07, 6.45) is 7.84. The maximum atomic E-state index is 11.7. The number of hydrogen-bond donors (Lipinski definition) is 1. The highest BCUT2D eigenvalue weighted by Crippen LogP contribution is 2.28. The van der Waals surface area contributed by atoms with Crippen molar-refractivity contribution in [3.63, 3.8) is 0 Å². The lowest BCUT2D eigenvalue weighted by Gasteiger charge is -2.13. The van der Waals surface area contributed by atoms with Gasteiger partial charge in [0, 0.05) is 18.0 Å². The second kappa shape index (κ2) is 9.46. The number of carbonyl (C=O) groups is 1. The van der Waals surface area contributed by atoms with Gasteiger partial charge in [0.25, 0.3) is 0 Å². The van der Waals surface area contributed by atoms with Crippen LogP contribution >= 0.6 is 0 Å². The number of carboxylic acids is 1. The maximum Gasteiger partial charge on any atom is 0.336 e. The number of benzene rings is 2. The highest BCUT2D eigenvalue weighted by atomic mass is 16.4. The van der Waals surface area contributed by atoms with Crippen molar-refractivity contribution in [1.82, 2.24) is 9.97 Å². The topological polar surface area (TPSA) is 63.1 Å². The molecule has 150 valence electrons. The SMILES string of the molecule is CCCc1cnc(-c2ccc(-c3cc(C[C@@H](C)CC)ccc3C(=O)O)cc2)nc1. The molecule has 0 aliphatic carbocycles. The van der Waals surface area contributed by atoms with E-state index in [-0.39, 0.29) is 0 Å². The molecule has 1 aromatic heterocycles. The Morgan fingerprint density at radius 3 is 2.21 bits per heavy atom. The van der Waals surface area contributed by atoms with Crippen molar-refractivity contribution in [3.05, 3.63) is 71.5 Å². The van der Waals surface area contributed by atoms with E-state index in [1.165, 1.54) is 5.56 Å². The van der Waals surface area contributed by atoms with Crippen LogP contribution in [0.1, 0.15) is 55.1 Å².